The van der Waals surface area contributed by atoms with Gasteiger partial charge in [0.2, 0.25) is 0 Å². The molecule has 0 amide bonds. The topological polar surface area (TPSA) is 0 Å². The summed E-state index contributed by atoms with van der Waals surface area (Å²) in [6.45, 7) is 0. The molecule has 0 aromatic rings. The maximum Gasteiger partial charge on any atom is 0.316 e. The van der Waals surface area contributed by atoms with Gasteiger partial charge in [0.05, 0.1) is 0 Å². The number of hydrogen-bond donors (Lipinski definition) is 0. The molecule has 0 heterocycles. The maximum atomic E-state index is 0. The predicted molar refractivity (Wildman–Crippen MR) is 8.54 cm³/mol. The first kappa shape index (κ1) is 42.3. The number of hydrogen-bond acceptors (Lipinski definition) is 0. The monoisotopic (exact) mass is 307 g/mol. The Labute approximate surface area is 96.1 Å². The summed E-state index contributed by atoms with van der Waals surface area (Å²) in [6, 6.07) is 0. The van der Waals surface area contributed by atoms with Gasteiger partial charge in [-0.1, -0.05) is 0 Å². The first-order valence-electron chi connectivity index (χ1n) is 0. The minimum absolute atomic E-state index is 0. The Morgan fingerprint density at radius 3 is 1.00 bits per heavy atom. The van der Waals surface area contributed by atoms with Gasteiger partial charge in [-0.3, -0.25) is 0 Å². The Bertz CT molecular complexity index is 11.6. The summed E-state index contributed by atoms with van der Waals surface area (Å²) in [5.74, 6) is 0. The molecule has 5 heteroatoms. The molecule has 0 aromatic carbocycles. The Morgan fingerprint density at radius 1 is 1.00 bits per heavy atom. The van der Waals surface area contributed by atoms with Crippen molar-refractivity contribution >= 4 is 23.1 Å². The van der Waals surface area contributed by atoms with Gasteiger partial charge in [-0.15, -0.1) is 0 Å². The Balaban J connectivity index is 0. The van der Waals surface area contributed by atoms with Crippen LogP contribution < -0.4 is 0 Å². The molecule has 0 nitrogen and oxygen atoms in total. The van der Waals surface area contributed by atoms with Crippen LogP contribution >= 0.6 is 0 Å². The maximum absolute atomic E-state index is 0. The second-order valence-electron chi connectivity index (χ2n) is 0. The van der Waals surface area contributed by atoms with E-state index in [4.69, 9.17) is 0 Å². The fraction of sp³-hybridized carbons (Fsp3) is 0. The summed E-state index contributed by atoms with van der Waals surface area (Å²) < 4.78 is 0. The molecule has 0 saturated carbocycles. The van der Waals surface area contributed by atoms with E-state index in [1.165, 1.54) is 0 Å². The fourth-order valence-corrected chi connectivity index (χ4v) is 0. The van der Waals surface area contributed by atoms with Crippen LogP contribution in [0, 0.1) is 0 Å². The standard InChI is InChI=1S/Cu.Fe.Mg.Mo.Zn.2H. The first-order valence-corrected chi connectivity index (χ1v) is 0. The van der Waals surface area contributed by atoms with Gasteiger partial charge in [-0.2, -0.15) is 0 Å². The van der Waals surface area contributed by atoms with E-state index >= 15 is 0 Å². The minimum Gasteiger partial charge on any atom is 0 e. The van der Waals surface area contributed by atoms with E-state index in [2.05, 4.69) is 0 Å². The predicted octanol–water partition coefficient (Wildman–Crippen LogP) is -0.926. The molecule has 0 fully saturated rings. The van der Waals surface area contributed by atoms with E-state index in [1.807, 2.05) is 0 Å². The molecule has 0 aliphatic heterocycles. The van der Waals surface area contributed by atoms with Crippen LogP contribution in [0.3, 0.4) is 0 Å². The Morgan fingerprint density at radius 2 is 1.00 bits per heavy atom. The van der Waals surface area contributed by atoms with Gasteiger partial charge in [0.25, 0.3) is 0 Å². The van der Waals surface area contributed by atoms with Crippen molar-refractivity contribution in [3.8, 4) is 0 Å². The third-order valence-electron chi connectivity index (χ3n) is 0. The van der Waals surface area contributed by atoms with E-state index in [-0.39, 0.29) is 97.7 Å². The molecule has 31 valence electrons. The molecule has 0 rings (SSSR count). The van der Waals surface area contributed by atoms with Gasteiger partial charge in [0, 0.05) is 74.7 Å². The van der Waals surface area contributed by atoms with Gasteiger partial charge in [-0.05, 0) is 0 Å². The largest absolute Gasteiger partial charge is 0.316 e. The van der Waals surface area contributed by atoms with Crippen LogP contribution in [0.5, 0.6) is 0 Å². The van der Waals surface area contributed by atoms with Crippen LogP contribution in [0.2, 0.25) is 0 Å². The van der Waals surface area contributed by atoms with Crippen molar-refractivity contribution in [1.29, 1.82) is 0 Å². The zero-order valence-electron chi connectivity index (χ0n) is 1.77. The van der Waals surface area contributed by atoms with E-state index in [0.717, 1.165) is 0 Å². The zero-order valence-corrected chi connectivity index (χ0v) is 8.79. The van der Waals surface area contributed by atoms with Gasteiger partial charge in [0.15, 0.2) is 0 Å². The quantitative estimate of drug-likeness (QED) is 0.508. The summed E-state index contributed by atoms with van der Waals surface area (Å²) in [4.78, 5) is 0. The van der Waals surface area contributed by atoms with Crippen LogP contribution in [0.1, 0.15) is 0 Å². The summed E-state index contributed by atoms with van der Waals surface area (Å²) in [5, 5.41) is 0. The summed E-state index contributed by atoms with van der Waals surface area (Å²) in [7, 11) is 0. The molecule has 0 atom stereocenters. The van der Waals surface area contributed by atoms with Gasteiger partial charge in [0.1, 0.15) is 0 Å². The first-order chi connectivity index (χ1) is 0. The van der Waals surface area contributed by atoms with E-state index in [1.54, 1.807) is 0 Å². The van der Waals surface area contributed by atoms with Crippen LogP contribution in [0.25, 0.3) is 0 Å². The van der Waals surface area contributed by atoms with Gasteiger partial charge < -0.3 is 0 Å². The Hall–Kier alpha value is 3.12. The minimum atomic E-state index is 0. The molecule has 0 unspecified atom stereocenters. The second kappa shape index (κ2) is 27.4. The molecule has 0 aliphatic rings. The van der Waals surface area contributed by atoms with Crippen LogP contribution in [0.15, 0.2) is 0 Å². The van der Waals surface area contributed by atoms with Crippen molar-refractivity contribution in [2.24, 2.45) is 0 Å². The second-order valence-corrected chi connectivity index (χ2v) is 0. The van der Waals surface area contributed by atoms with Crippen LogP contribution in [0.4, 0.5) is 0 Å². The van der Waals surface area contributed by atoms with Crippen LogP contribution in [-0.2, 0) is 74.7 Å². The van der Waals surface area contributed by atoms with Crippen molar-refractivity contribution in [2.75, 3.05) is 0 Å². The van der Waals surface area contributed by atoms with Crippen molar-refractivity contribution in [3.63, 3.8) is 0 Å². The molecule has 0 aliphatic carbocycles. The van der Waals surface area contributed by atoms with Crippen molar-refractivity contribution in [3.05, 3.63) is 0 Å². The smallest absolute Gasteiger partial charge is 0 e. The molecule has 5 heavy (non-hydrogen) atoms. The van der Waals surface area contributed by atoms with E-state index in [9.17, 15) is 0 Å². The molecule has 0 saturated heterocycles. The Kier molecular flexibility index (Phi) is 232. The fourth-order valence-electron chi connectivity index (χ4n) is 0. The normalized spacial score (nSPS) is 0. The van der Waals surface area contributed by atoms with Crippen molar-refractivity contribution in [2.45, 2.75) is 0 Å². The van der Waals surface area contributed by atoms with E-state index in [0.29, 0.717) is 0 Å². The SMILES string of the molecule is [Cu].[Fe].[MgH2].[Mo].[Zn]. The van der Waals surface area contributed by atoms with Gasteiger partial charge in [-0.25, -0.2) is 0 Å². The van der Waals surface area contributed by atoms with Crippen molar-refractivity contribution < 1.29 is 74.7 Å². The number of rotatable bonds is 0. The van der Waals surface area contributed by atoms with E-state index < -0.39 is 0 Å². The molecule has 1 radical (unpaired) electrons. The summed E-state index contributed by atoms with van der Waals surface area (Å²) in [6.07, 6.45) is 0. The summed E-state index contributed by atoms with van der Waals surface area (Å²) >= 11 is 0. The molecule has 0 bridgehead atoms. The van der Waals surface area contributed by atoms with Crippen LogP contribution in [-0.4, -0.2) is 23.1 Å². The third kappa shape index (κ3) is 19.2. The summed E-state index contributed by atoms with van der Waals surface area (Å²) in [5.41, 5.74) is 0. The average molecular weight is 307 g/mol. The average Bonchev–Trinajstić information content (AvgIpc) is 0. The molecule has 0 aromatic heterocycles. The molecular weight excluding hydrogens is 305 g/mol. The zero-order chi connectivity index (χ0) is 0. The van der Waals surface area contributed by atoms with Gasteiger partial charge >= 0.3 is 23.1 Å². The molecule has 0 spiro atoms. The van der Waals surface area contributed by atoms with Crippen molar-refractivity contribution in [1.82, 2.24) is 0 Å². The molecular formula is H2CuFeMgMoZn. The molecule has 0 N–H and O–H groups in total. The third-order valence-corrected chi connectivity index (χ3v) is 0.